The molecule has 82 valence electrons. The van der Waals surface area contributed by atoms with E-state index in [2.05, 4.69) is 15.9 Å². The van der Waals surface area contributed by atoms with E-state index in [1.54, 1.807) is 18.0 Å². The molecule has 0 radical (unpaired) electrons. The Morgan fingerprint density at radius 2 is 2.27 bits per heavy atom. The van der Waals surface area contributed by atoms with Gasteiger partial charge >= 0.3 is 5.97 Å². The second-order valence-electron chi connectivity index (χ2n) is 3.30. The molecule has 0 aliphatic carbocycles. The lowest BCUT2D eigenvalue weighted by molar-refractivity contribution is -0.138. The molecule has 1 N–H and O–H groups in total. The first-order valence-corrected chi connectivity index (χ1v) is 5.50. The molecule has 0 saturated heterocycles. The van der Waals surface area contributed by atoms with E-state index in [9.17, 15) is 4.79 Å². The zero-order chi connectivity index (χ0) is 11.4. The Morgan fingerprint density at radius 3 is 2.87 bits per heavy atom. The van der Waals surface area contributed by atoms with E-state index in [0.717, 1.165) is 10.0 Å². The summed E-state index contributed by atoms with van der Waals surface area (Å²) in [6.07, 6.45) is 0. The molecule has 0 saturated carbocycles. The van der Waals surface area contributed by atoms with Crippen LogP contribution < -0.4 is 0 Å². The topological polar surface area (TPSA) is 40.5 Å². The summed E-state index contributed by atoms with van der Waals surface area (Å²) in [7, 11) is 1.74. The van der Waals surface area contributed by atoms with Gasteiger partial charge in [-0.25, -0.2) is 0 Å². The fourth-order valence-corrected chi connectivity index (χ4v) is 1.83. The van der Waals surface area contributed by atoms with E-state index in [1.165, 1.54) is 0 Å². The van der Waals surface area contributed by atoms with Gasteiger partial charge in [0.05, 0.1) is 6.54 Å². The Bertz CT molecular complexity index is 370. The van der Waals surface area contributed by atoms with Crippen LogP contribution in [0.15, 0.2) is 22.7 Å². The number of carboxylic acid groups (broad SMARTS) is 1. The number of nitrogens with zero attached hydrogens (tertiary/aromatic N) is 1. The number of benzene rings is 1. The van der Waals surface area contributed by atoms with Crippen molar-refractivity contribution in [2.45, 2.75) is 6.54 Å². The van der Waals surface area contributed by atoms with Gasteiger partial charge in [0.15, 0.2) is 0 Å². The summed E-state index contributed by atoms with van der Waals surface area (Å²) in [6, 6.07) is 5.53. The van der Waals surface area contributed by atoms with Gasteiger partial charge in [-0.15, -0.1) is 0 Å². The SMILES string of the molecule is CN(CC(=O)O)Cc1cc(Br)ccc1Cl. The Morgan fingerprint density at radius 1 is 1.60 bits per heavy atom. The molecule has 0 unspecified atom stereocenters. The summed E-state index contributed by atoms with van der Waals surface area (Å²) in [5, 5.41) is 9.25. The predicted molar refractivity (Wildman–Crippen MR) is 63.1 cm³/mol. The summed E-state index contributed by atoms with van der Waals surface area (Å²) >= 11 is 9.33. The second-order valence-corrected chi connectivity index (χ2v) is 4.62. The highest BCUT2D eigenvalue weighted by Crippen LogP contribution is 2.21. The maximum absolute atomic E-state index is 10.5. The molecule has 0 atom stereocenters. The van der Waals surface area contributed by atoms with Gasteiger partial charge in [0.2, 0.25) is 0 Å². The maximum Gasteiger partial charge on any atom is 0.317 e. The average Bonchev–Trinajstić information content (AvgIpc) is 2.10. The number of aliphatic carboxylic acids is 1. The first-order chi connectivity index (χ1) is 6.99. The van der Waals surface area contributed by atoms with Crippen LogP contribution in [0.25, 0.3) is 0 Å². The van der Waals surface area contributed by atoms with Crippen LogP contribution in [0.1, 0.15) is 5.56 Å². The average molecular weight is 293 g/mol. The zero-order valence-corrected chi connectivity index (χ0v) is 10.5. The lowest BCUT2D eigenvalue weighted by Crippen LogP contribution is -2.25. The van der Waals surface area contributed by atoms with Crippen LogP contribution in [-0.4, -0.2) is 29.6 Å². The molecular formula is C10H11BrClNO2. The van der Waals surface area contributed by atoms with Gasteiger partial charge in [-0.05, 0) is 30.8 Å². The lowest BCUT2D eigenvalue weighted by atomic mass is 10.2. The van der Waals surface area contributed by atoms with Crippen LogP contribution in [0.4, 0.5) is 0 Å². The summed E-state index contributed by atoms with van der Waals surface area (Å²) in [6.45, 7) is 0.521. The van der Waals surface area contributed by atoms with E-state index in [4.69, 9.17) is 16.7 Å². The van der Waals surface area contributed by atoms with Crippen LogP contribution in [0.5, 0.6) is 0 Å². The second kappa shape index (κ2) is 5.49. The van der Waals surface area contributed by atoms with Gasteiger partial charge < -0.3 is 5.11 Å². The number of rotatable bonds is 4. The van der Waals surface area contributed by atoms with Gasteiger partial charge in [0, 0.05) is 16.0 Å². The van der Waals surface area contributed by atoms with Gasteiger partial charge in [0.1, 0.15) is 0 Å². The van der Waals surface area contributed by atoms with Crippen LogP contribution in [-0.2, 0) is 11.3 Å². The minimum atomic E-state index is -0.844. The number of carbonyl (C=O) groups is 1. The highest BCUT2D eigenvalue weighted by molar-refractivity contribution is 9.10. The smallest absolute Gasteiger partial charge is 0.317 e. The third-order valence-electron chi connectivity index (χ3n) is 1.85. The zero-order valence-electron chi connectivity index (χ0n) is 8.20. The Balaban J connectivity index is 2.71. The third kappa shape index (κ3) is 4.20. The molecule has 0 heterocycles. The molecule has 5 heteroatoms. The molecule has 0 aliphatic heterocycles. The summed E-state index contributed by atoms with van der Waals surface area (Å²) in [5.41, 5.74) is 0.912. The Hall–Kier alpha value is -0.580. The fourth-order valence-electron chi connectivity index (χ4n) is 1.24. The van der Waals surface area contributed by atoms with Crippen molar-refractivity contribution in [1.29, 1.82) is 0 Å². The van der Waals surface area contributed by atoms with E-state index >= 15 is 0 Å². The largest absolute Gasteiger partial charge is 0.480 e. The van der Waals surface area contributed by atoms with Crippen LogP contribution in [0, 0.1) is 0 Å². The van der Waals surface area contributed by atoms with Crippen LogP contribution in [0.2, 0.25) is 5.02 Å². The van der Waals surface area contributed by atoms with Gasteiger partial charge in [0.25, 0.3) is 0 Å². The van der Waals surface area contributed by atoms with Crippen molar-refractivity contribution in [3.8, 4) is 0 Å². The van der Waals surface area contributed by atoms with Crippen LogP contribution >= 0.6 is 27.5 Å². The molecule has 0 bridgehead atoms. The van der Waals surface area contributed by atoms with Gasteiger partial charge in [-0.2, -0.15) is 0 Å². The van der Waals surface area contributed by atoms with E-state index in [-0.39, 0.29) is 6.54 Å². The van der Waals surface area contributed by atoms with E-state index < -0.39 is 5.97 Å². The molecule has 3 nitrogen and oxygen atoms in total. The maximum atomic E-state index is 10.5. The molecule has 1 rings (SSSR count). The first kappa shape index (κ1) is 12.5. The highest BCUT2D eigenvalue weighted by Gasteiger charge is 2.07. The number of hydrogen-bond donors (Lipinski definition) is 1. The van der Waals surface area contributed by atoms with Crippen molar-refractivity contribution in [3.05, 3.63) is 33.3 Å². The molecule has 1 aromatic rings. The van der Waals surface area contributed by atoms with E-state index in [1.807, 2.05) is 12.1 Å². The highest BCUT2D eigenvalue weighted by atomic mass is 79.9. The number of carboxylic acids is 1. The first-order valence-electron chi connectivity index (χ1n) is 4.33. The minimum Gasteiger partial charge on any atom is -0.480 e. The summed E-state index contributed by atoms with van der Waals surface area (Å²) < 4.78 is 0.936. The van der Waals surface area contributed by atoms with Crippen molar-refractivity contribution in [1.82, 2.24) is 4.90 Å². The van der Waals surface area contributed by atoms with Crippen molar-refractivity contribution < 1.29 is 9.90 Å². The molecule has 0 amide bonds. The molecule has 0 spiro atoms. The predicted octanol–water partition coefficient (Wildman–Crippen LogP) is 2.62. The van der Waals surface area contributed by atoms with Crippen molar-refractivity contribution >= 4 is 33.5 Å². The molecule has 0 aromatic heterocycles. The number of halogens is 2. The standard InChI is InChI=1S/C10H11BrClNO2/c1-13(6-10(14)15)5-7-4-8(11)2-3-9(7)12/h2-4H,5-6H2,1H3,(H,14,15). The van der Waals surface area contributed by atoms with Crippen molar-refractivity contribution in [3.63, 3.8) is 0 Å². The third-order valence-corrected chi connectivity index (χ3v) is 2.72. The van der Waals surface area contributed by atoms with Gasteiger partial charge in [-0.3, -0.25) is 9.69 Å². The van der Waals surface area contributed by atoms with Gasteiger partial charge in [-0.1, -0.05) is 27.5 Å². The molecule has 0 fully saturated rings. The quantitative estimate of drug-likeness (QED) is 0.927. The van der Waals surface area contributed by atoms with Crippen LogP contribution in [0.3, 0.4) is 0 Å². The molecule has 0 aliphatic rings. The van der Waals surface area contributed by atoms with Crippen molar-refractivity contribution in [2.24, 2.45) is 0 Å². The lowest BCUT2D eigenvalue weighted by Gasteiger charge is -2.15. The van der Waals surface area contributed by atoms with Crippen molar-refractivity contribution in [2.75, 3.05) is 13.6 Å². The number of likely N-dealkylation sites (N-methyl/N-ethyl adjacent to an activating group) is 1. The Kier molecular flexibility index (Phi) is 4.57. The monoisotopic (exact) mass is 291 g/mol. The fraction of sp³-hybridized carbons (Fsp3) is 0.300. The molecule has 15 heavy (non-hydrogen) atoms. The number of hydrogen-bond acceptors (Lipinski definition) is 2. The summed E-state index contributed by atoms with van der Waals surface area (Å²) in [4.78, 5) is 12.2. The normalized spacial score (nSPS) is 10.7. The summed E-state index contributed by atoms with van der Waals surface area (Å²) in [5.74, 6) is -0.844. The molecular weight excluding hydrogens is 281 g/mol. The minimum absolute atomic E-state index is 0.00282. The van der Waals surface area contributed by atoms with E-state index in [0.29, 0.717) is 11.6 Å². The Labute approximate surface area is 102 Å². The molecule has 1 aromatic carbocycles.